The second kappa shape index (κ2) is 8.57. The molecule has 0 aromatic carbocycles. The van der Waals surface area contributed by atoms with Gasteiger partial charge in [0.05, 0.1) is 18.2 Å². The van der Waals surface area contributed by atoms with Gasteiger partial charge in [0.25, 0.3) is 0 Å². The summed E-state index contributed by atoms with van der Waals surface area (Å²) in [5, 5.41) is 8.68. The van der Waals surface area contributed by atoms with Crippen LogP contribution in [0.3, 0.4) is 0 Å². The molecule has 1 unspecified atom stereocenters. The summed E-state index contributed by atoms with van der Waals surface area (Å²) in [6, 6.07) is -0.354. The standard InChI is InChI=1S/C13H18FNO2/c1-4-5-13(17-9-8-16)12(11(3)14)7-6-10(2)15/h4-5,10,16H,1,8-9,15H2,2-3H3. The van der Waals surface area contributed by atoms with Crippen LogP contribution in [0.5, 0.6) is 0 Å². The van der Waals surface area contributed by atoms with Crippen molar-refractivity contribution in [2.45, 2.75) is 19.9 Å². The van der Waals surface area contributed by atoms with Gasteiger partial charge in [-0.2, -0.15) is 0 Å². The first-order valence-corrected chi connectivity index (χ1v) is 5.23. The van der Waals surface area contributed by atoms with Crippen LogP contribution in [-0.2, 0) is 4.74 Å². The maximum atomic E-state index is 13.3. The minimum atomic E-state index is -0.468. The summed E-state index contributed by atoms with van der Waals surface area (Å²) < 4.78 is 18.5. The van der Waals surface area contributed by atoms with E-state index >= 15 is 0 Å². The van der Waals surface area contributed by atoms with Crippen LogP contribution in [0.25, 0.3) is 0 Å². The van der Waals surface area contributed by atoms with E-state index in [4.69, 9.17) is 15.6 Å². The quantitative estimate of drug-likeness (QED) is 0.436. The molecule has 94 valence electrons. The maximum Gasteiger partial charge on any atom is 0.137 e. The molecule has 17 heavy (non-hydrogen) atoms. The van der Waals surface area contributed by atoms with Crippen LogP contribution in [0.2, 0.25) is 0 Å². The molecule has 0 saturated heterocycles. The molecule has 0 aromatic rings. The van der Waals surface area contributed by atoms with Gasteiger partial charge in [-0.25, -0.2) is 4.39 Å². The van der Waals surface area contributed by atoms with Crippen LogP contribution in [0.15, 0.2) is 35.9 Å². The summed E-state index contributed by atoms with van der Waals surface area (Å²) >= 11 is 0. The van der Waals surface area contributed by atoms with Gasteiger partial charge in [0.1, 0.15) is 18.2 Å². The molecule has 0 aliphatic heterocycles. The molecule has 0 radical (unpaired) electrons. The number of hydrogen-bond donors (Lipinski definition) is 2. The van der Waals surface area contributed by atoms with Gasteiger partial charge in [-0.1, -0.05) is 24.5 Å². The first-order valence-electron chi connectivity index (χ1n) is 5.23. The Kier molecular flexibility index (Phi) is 7.78. The smallest absolute Gasteiger partial charge is 0.137 e. The minimum Gasteiger partial charge on any atom is -0.490 e. The van der Waals surface area contributed by atoms with Crippen LogP contribution >= 0.6 is 0 Å². The fraction of sp³-hybridized carbons (Fsp3) is 0.385. The molecule has 4 heteroatoms. The third-order valence-electron chi connectivity index (χ3n) is 1.63. The largest absolute Gasteiger partial charge is 0.490 e. The van der Waals surface area contributed by atoms with Gasteiger partial charge in [-0.05, 0) is 19.9 Å². The van der Waals surface area contributed by atoms with Crippen molar-refractivity contribution in [3.63, 3.8) is 0 Å². The Morgan fingerprint density at radius 2 is 2.29 bits per heavy atom. The Morgan fingerprint density at radius 3 is 2.71 bits per heavy atom. The van der Waals surface area contributed by atoms with E-state index in [1.807, 2.05) is 0 Å². The minimum absolute atomic E-state index is 0.0658. The Bertz CT molecular complexity index is 369. The van der Waals surface area contributed by atoms with Crippen molar-refractivity contribution < 1.29 is 14.2 Å². The zero-order valence-electron chi connectivity index (χ0n) is 10.2. The lowest BCUT2D eigenvalue weighted by Gasteiger charge is -2.09. The van der Waals surface area contributed by atoms with Crippen molar-refractivity contribution in [2.24, 2.45) is 5.73 Å². The van der Waals surface area contributed by atoms with Crippen LogP contribution in [0.4, 0.5) is 4.39 Å². The van der Waals surface area contributed by atoms with Gasteiger partial charge < -0.3 is 15.6 Å². The molecule has 0 fully saturated rings. The molecule has 0 aromatic heterocycles. The van der Waals surface area contributed by atoms with E-state index in [-0.39, 0.29) is 30.6 Å². The Morgan fingerprint density at radius 1 is 1.65 bits per heavy atom. The number of ether oxygens (including phenoxy) is 1. The highest BCUT2D eigenvalue weighted by Crippen LogP contribution is 2.16. The Hall–Kier alpha value is -1.57. The third kappa shape index (κ3) is 6.56. The van der Waals surface area contributed by atoms with Crippen molar-refractivity contribution >= 4 is 0 Å². The number of allylic oxidation sites excluding steroid dienone is 4. The van der Waals surface area contributed by atoms with Crippen LogP contribution in [-0.4, -0.2) is 24.4 Å². The first kappa shape index (κ1) is 15.4. The normalized spacial score (nSPS) is 14.3. The summed E-state index contributed by atoms with van der Waals surface area (Å²) in [6.07, 6.45) is 2.95. The number of aliphatic hydroxyl groups excluding tert-OH is 1. The fourth-order valence-corrected chi connectivity index (χ4v) is 0.970. The molecule has 0 amide bonds. The van der Waals surface area contributed by atoms with E-state index in [9.17, 15) is 4.39 Å². The number of halogens is 1. The molecule has 0 aliphatic rings. The maximum absolute atomic E-state index is 13.3. The van der Waals surface area contributed by atoms with E-state index < -0.39 is 5.83 Å². The highest BCUT2D eigenvalue weighted by atomic mass is 19.1. The summed E-state index contributed by atoms with van der Waals surface area (Å²) in [6.45, 7) is 6.40. The average Bonchev–Trinajstić information content (AvgIpc) is 2.25. The summed E-state index contributed by atoms with van der Waals surface area (Å²) in [4.78, 5) is 0. The average molecular weight is 239 g/mol. The van der Waals surface area contributed by atoms with E-state index in [2.05, 4.69) is 18.4 Å². The Balaban J connectivity index is 5.16. The predicted octanol–water partition coefficient (Wildman–Crippen LogP) is 1.66. The lowest BCUT2D eigenvalue weighted by molar-refractivity contribution is 0.150. The highest BCUT2D eigenvalue weighted by Gasteiger charge is 2.08. The van der Waals surface area contributed by atoms with E-state index in [0.29, 0.717) is 0 Å². The van der Waals surface area contributed by atoms with Gasteiger partial charge in [-0.3, -0.25) is 0 Å². The van der Waals surface area contributed by atoms with E-state index in [1.165, 1.54) is 19.1 Å². The van der Waals surface area contributed by atoms with Gasteiger partial charge in [-0.15, -0.1) is 0 Å². The molecule has 0 heterocycles. The fourth-order valence-electron chi connectivity index (χ4n) is 0.970. The monoisotopic (exact) mass is 239 g/mol. The molecule has 0 bridgehead atoms. The van der Waals surface area contributed by atoms with Crippen molar-refractivity contribution in [2.75, 3.05) is 13.2 Å². The molecule has 3 N–H and O–H groups in total. The van der Waals surface area contributed by atoms with E-state index in [1.54, 1.807) is 6.92 Å². The SMILES string of the molecule is C=CC=C(OCCO)C(C#CC(C)N)=C(C)F. The van der Waals surface area contributed by atoms with Crippen molar-refractivity contribution in [1.82, 2.24) is 0 Å². The molecular weight excluding hydrogens is 221 g/mol. The highest BCUT2D eigenvalue weighted by molar-refractivity contribution is 5.45. The van der Waals surface area contributed by atoms with Gasteiger partial charge in [0.2, 0.25) is 0 Å². The van der Waals surface area contributed by atoms with E-state index in [0.717, 1.165) is 0 Å². The second-order valence-electron chi connectivity index (χ2n) is 3.31. The zero-order valence-corrected chi connectivity index (χ0v) is 10.2. The number of aliphatic hydroxyl groups is 1. The van der Waals surface area contributed by atoms with Crippen molar-refractivity contribution in [1.29, 1.82) is 0 Å². The lowest BCUT2D eigenvalue weighted by atomic mass is 10.1. The van der Waals surface area contributed by atoms with Crippen LogP contribution in [0, 0.1) is 11.8 Å². The van der Waals surface area contributed by atoms with Gasteiger partial charge in [0, 0.05) is 0 Å². The number of hydrogen-bond acceptors (Lipinski definition) is 3. The molecule has 0 saturated carbocycles. The second-order valence-corrected chi connectivity index (χ2v) is 3.31. The van der Waals surface area contributed by atoms with Gasteiger partial charge >= 0.3 is 0 Å². The number of rotatable bonds is 5. The first-order chi connectivity index (χ1) is 8.02. The molecule has 0 aliphatic carbocycles. The molecule has 1 atom stereocenters. The third-order valence-corrected chi connectivity index (χ3v) is 1.63. The molecule has 0 rings (SSSR count). The number of nitrogens with two attached hydrogens (primary N) is 1. The molecule has 3 nitrogen and oxygen atoms in total. The molecule has 0 spiro atoms. The predicted molar refractivity (Wildman–Crippen MR) is 66.6 cm³/mol. The summed E-state index contributed by atoms with van der Waals surface area (Å²) in [7, 11) is 0. The molecular formula is C13H18FNO2. The zero-order chi connectivity index (χ0) is 13.3. The van der Waals surface area contributed by atoms with Gasteiger partial charge in [0.15, 0.2) is 0 Å². The lowest BCUT2D eigenvalue weighted by Crippen LogP contribution is -2.11. The summed E-state index contributed by atoms with van der Waals surface area (Å²) in [5.74, 6) is 5.04. The van der Waals surface area contributed by atoms with Crippen LogP contribution in [0.1, 0.15) is 13.8 Å². The van der Waals surface area contributed by atoms with Crippen molar-refractivity contribution in [3.05, 3.63) is 35.9 Å². The van der Waals surface area contributed by atoms with Crippen LogP contribution < -0.4 is 5.73 Å². The topological polar surface area (TPSA) is 55.5 Å². The summed E-state index contributed by atoms with van der Waals surface area (Å²) in [5.41, 5.74) is 5.60. The van der Waals surface area contributed by atoms with Crippen molar-refractivity contribution in [3.8, 4) is 11.8 Å². The Labute approximate surface area is 101 Å².